The van der Waals surface area contributed by atoms with Gasteiger partial charge in [-0.2, -0.15) is 0 Å². The highest BCUT2D eigenvalue weighted by Crippen LogP contribution is 2.36. The van der Waals surface area contributed by atoms with E-state index in [1.54, 1.807) is 7.11 Å². The molecule has 3 heterocycles. The summed E-state index contributed by atoms with van der Waals surface area (Å²) in [5.41, 5.74) is 0.725. The van der Waals surface area contributed by atoms with E-state index in [2.05, 4.69) is 20.4 Å². The molecule has 2 aliphatic heterocycles. The molecule has 3 aliphatic rings. The van der Waals surface area contributed by atoms with Crippen LogP contribution in [0.15, 0.2) is 24.3 Å². The zero-order valence-electron chi connectivity index (χ0n) is 15.6. The molecule has 0 bridgehead atoms. The summed E-state index contributed by atoms with van der Waals surface area (Å²) in [4.78, 5) is 15.4. The van der Waals surface area contributed by atoms with Crippen molar-refractivity contribution in [2.45, 2.75) is 25.8 Å². The Morgan fingerprint density at radius 1 is 1.15 bits per heavy atom. The summed E-state index contributed by atoms with van der Waals surface area (Å²) in [6.07, 6.45) is 3.72. The molecule has 1 aromatic heterocycles. The fourth-order valence-corrected chi connectivity index (χ4v) is 4.47. The number of amides is 1. The minimum absolute atomic E-state index is 0.204. The standard InChI is InChI=1S/C20H25N5O2/c1-27-17-6-4-16(5-7-17)21-20(26)19-23-22-18-8-14-10-24(9-13-2-3-13)11-15(14)12-25(18)19/h4-7,13-15H,2-3,8-12H2,1H3,(H,21,26)/t14-,15+/m0/s1. The van der Waals surface area contributed by atoms with Crippen LogP contribution in [-0.2, 0) is 13.0 Å². The molecule has 0 unspecified atom stereocenters. The van der Waals surface area contributed by atoms with E-state index in [0.29, 0.717) is 17.7 Å². The maximum atomic E-state index is 12.7. The van der Waals surface area contributed by atoms with Crippen molar-refractivity contribution in [1.29, 1.82) is 0 Å². The molecule has 7 heteroatoms. The predicted molar refractivity (Wildman–Crippen MR) is 101 cm³/mol. The maximum Gasteiger partial charge on any atom is 0.293 e. The molecule has 2 fully saturated rings. The summed E-state index contributed by atoms with van der Waals surface area (Å²) >= 11 is 0. The van der Waals surface area contributed by atoms with Crippen LogP contribution in [0.1, 0.15) is 29.3 Å². The molecule has 1 N–H and O–H groups in total. The summed E-state index contributed by atoms with van der Waals surface area (Å²) in [5.74, 6) is 4.10. The van der Waals surface area contributed by atoms with Gasteiger partial charge in [0.1, 0.15) is 11.6 Å². The first kappa shape index (κ1) is 16.7. The van der Waals surface area contributed by atoms with Crippen molar-refractivity contribution >= 4 is 11.6 Å². The van der Waals surface area contributed by atoms with E-state index in [1.807, 2.05) is 28.8 Å². The number of hydrogen-bond donors (Lipinski definition) is 1. The lowest BCUT2D eigenvalue weighted by molar-refractivity contribution is 0.100. The second-order valence-electron chi connectivity index (χ2n) is 8.12. The Balaban J connectivity index is 1.28. The zero-order chi connectivity index (χ0) is 18.4. The number of nitrogens with one attached hydrogen (secondary N) is 1. The molecule has 1 saturated heterocycles. The molecule has 7 nitrogen and oxygen atoms in total. The van der Waals surface area contributed by atoms with E-state index < -0.39 is 0 Å². The lowest BCUT2D eigenvalue weighted by Gasteiger charge is -2.25. The maximum absolute atomic E-state index is 12.7. The lowest BCUT2D eigenvalue weighted by atomic mass is 9.89. The smallest absolute Gasteiger partial charge is 0.293 e. The van der Waals surface area contributed by atoms with Crippen molar-refractivity contribution in [1.82, 2.24) is 19.7 Å². The number of hydrogen-bond acceptors (Lipinski definition) is 5. The van der Waals surface area contributed by atoms with Crippen LogP contribution in [0.3, 0.4) is 0 Å². The van der Waals surface area contributed by atoms with Crippen LogP contribution in [0.5, 0.6) is 5.75 Å². The molecule has 1 aromatic carbocycles. The number of rotatable bonds is 5. The van der Waals surface area contributed by atoms with Crippen LogP contribution in [0.2, 0.25) is 0 Å². The third-order valence-electron chi connectivity index (χ3n) is 6.11. The van der Waals surface area contributed by atoms with Crippen molar-refractivity contribution in [3.05, 3.63) is 35.9 Å². The van der Waals surface area contributed by atoms with Gasteiger partial charge in [0.15, 0.2) is 0 Å². The average Bonchev–Trinajstić information content (AvgIpc) is 3.25. The van der Waals surface area contributed by atoms with Crippen LogP contribution >= 0.6 is 0 Å². The topological polar surface area (TPSA) is 72.3 Å². The number of fused-ring (bicyclic) bond motifs is 2. The average molecular weight is 367 g/mol. The third-order valence-corrected chi connectivity index (χ3v) is 6.11. The molecule has 27 heavy (non-hydrogen) atoms. The Kier molecular flexibility index (Phi) is 4.11. The van der Waals surface area contributed by atoms with E-state index in [-0.39, 0.29) is 5.91 Å². The minimum Gasteiger partial charge on any atom is -0.497 e. The first-order valence-electron chi connectivity index (χ1n) is 9.79. The van der Waals surface area contributed by atoms with Crippen molar-refractivity contribution in [3.63, 3.8) is 0 Å². The van der Waals surface area contributed by atoms with Gasteiger partial charge >= 0.3 is 0 Å². The van der Waals surface area contributed by atoms with Gasteiger partial charge in [-0.05, 0) is 54.9 Å². The van der Waals surface area contributed by atoms with E-state index in [9.17, 15) is 4.79 Å². The summed E-state index contributed by atoms with van der Waals surface area (Å²) in [7, 11) is 1.62. The second kappa shape index (κ2) is 6.64. The number of anilines is 1. The zero-order valence-corrected chi connectivity index (χ0v) is 15.6. The van der Waals surface area contributed by atoms with Crippen LogP contribution in [0.4, 0.5) is 5.69 Å². The second-order valence-corrected chi connectivity index (χ2v) is 8.12. The normalized spacial score (nSPS) is 24.3. The number of ether oxygens (including phenoxy) is 1. The fraction of sp³-hybridized carbons (Fsp3) is 0.550. The first-order valence-corrected chi connectivity index (χ1v) is 9.79. The van der Waals surface area contributed by atoms with Crippen LogP contribution < -0.4 is 10.1 Å². The van der Waals surface area contributed by atoms with Gasteiger partial charge in [0.2, 0.25) is 5.82 Å². The molecule has 0 spiro atoms. The quantitative estimate of drug-likeness (QED) is 0.876. The molecule has 1 saturated carbocycles. The number of aromatic nitrogens is 3. The predicted octanol–water partition coefficient (Wildman–Crippen LogP) is 2.05. The Bertz CT molecular complexity index is 843. The van der Waals surface area contributed by atoms with Gasteiger partial charge in [-0.3, -0.25) is 4.79 Å². The highest BCUT2D eigenvalue weighted by Gasteiger charge is 2.40. The molecule has 2 aromatic rings. The molecule has 0 radical (unpaired) electrons. The first-order chi connectivity index (χ1) is 13.2. The summed E-state index contributed by atoms with van der Waals surface area (Å²) in [6.45, 7) is 4.40. The van der Waals surface area contributed by atoms with Gasteiger partial charge in [0.25, 0.3) is 5.91 Å². The van der Waals surface area contributed by atoms with Gasteiger partial charge in [0.05, 0.1) is 7.11 Å². The third kappa shape index (κ3) is 3.32. The monoisotopic (exact) mass is 367 g/mol. The van der Waals surface area contributed by atoms with E-state index in [4.69, 9.17) is 4.74 Å². The fourth-order valence-electron chi connectivity index (χ4n) is 4.47. The summed E-state index contributed by atoms with van der Waals surface area (Å²) < 4.78 is 7.18. The molecule has 142 valence electrons. The molecule has 1 aliphatic carbocycles. The van der Waals surface area contributed by atoms with Crippen LogP contribution in [0.25, 0.3) is 0 Å². The van der Waals surface area contributed by atoms with Gasteiger partial charge in [-0.25, -0.2) is 0 Å². The molecule has 1 amide bonds. The van der Waals surface area contributed by atoms with Crippen LogP contribution in [0, 0.1) is 17.8 Å². The van der Waals surface area contributed by atoms with E-state index >= 15 is 0 Å². The Hall–Kier alpha value is -2.41. The van der Waals surface area contributed by atoms with Crippen LogP contribution in [-0.4, -0.2) is 52.3 Å². The number of methoxy groups -OCH3 is 1. The van der Waals surface area contributed by atoms with Crippen molar-refractivity contribution in [3.8, 4) is 5.75 Å². The molecule has 2 atom stereocenters. The van der Waals surface area contributed by atoms with Gasteiger partial charge in [0, 0.05) is 38.3 Å². The lowest BCUT2D eigenvalue weighted by Crippen LogP contribution is -2.31. The van der Waals surface area contributed by atoms with Crippen molar-refractivity contribution in [2.75, 3.05) is 32.1 Å². The highest BCUT2D eigenvalue weighted by molar-refractivity contribution is 6.01. The largest absolute Gasteiger partial charge is 0.497 e. The number of likely N-dealkylation sites (tertiary alicyclic amines) is 1. The molecular weight excluding hydrogens is 342 g/mol. The minimum atomic E-state index is -0.204. The number of nitrogens with zero attached hydrogens (tertiary/aromatic N) is 4. The van der Waals surface area contributed by atoms with Crippen molar-refractivity contribution < 1.29 is 9.53 Å². The summed E-state index contributed by atoms with van der Waals surface area (Å²) in [6, 6.07) is 7.30. The molecule has 5 rings (SSSR count). The summed E-state index contributed by atoms with van der Waals surface area (Å²) in [5, 5.41) is 11.4. The van der Waals surface area contributed by atoms with E-state index in [0.717, 1.165) is 42.7 Å². The Labute approximate surface area is 158 Å². The van der Waals surface area contributed by atoms with Crippen molar-refractivity contribution in [2.24, 2.45) is 17.8 Å². The molecular formula is C20H25N5O2. The van der Waals surface area contributed by atoms with Gasteiger partial charge in [-0.15, -0.1) is 10.2 Å². The number of carbonyl (C=O) groups excluding carboxylic acids is 1. The SMILES string of the molecule is COc1ccc(NC(=O)c2nnc3n2C[C@H]2CN(CC4CC4)C[C@@H]2C3)cc1. The van der Waals surface area contributed by atoms with Gasteiger partial charge in [-0.1, -0.05) is 0 Å². The number of benzene rings is 1. The van der Waals surface area contributed by atoms with E-state index in [1.165, 1.54) is 25.9 Å². The highest BCUT2D eigenvalue weighted by atomic mass is 16.5. The van der Waals surface area contributed by atoms with Gasteiger partial charge < -0.3 is 19.5 Å². The Morgan fingerprint density at radius 3 is 2.67 bits per heavy atom. The Morgan fingerprint density at radius 2 is 1.93 bits per heavy atom. The number of carbonyl (C=O) groups is 1.